The first kappa shape index (κ1) is 17.5. The Kier molecular flexibility index (Phi) is 4.54. The molecule has 2 amide bonds. The summed E-state index contributed by atoms with van der Waals surface area (Å²) in [5.41, 5.74) is 0.638. The first-order chi connectivity index (χ1) is 11.8. The Bertz CT molecular complexity index is 724. The van der Waals surface area contributed by atoms with Gasteiger partial charge >= 0.3 is 5.97 Å². The van der Waals surface area contributed by atoms with E-state index in [4.69, 9.17) is 0 Å². The van der Waals surface area contributed by atoms with Gasteiger partial charge in [-0.05, 0) is 69.7 Å². The summed E-state index contributed by atoms with van der Waals surface area (Å²) in [6.45, 7) is 4.66. The number of aryl methyl sites for hydroxylation is 1. The highest BCUT2D eigenvalue weighted by Gasteiger charge is 2.57. The largest absolute Gasteiger partial charge is 0.480 e. The van der Waals surface area contributed by atoms with Crippen LogP contribution in [0.5, 0.6) is 0 Å². The van der Waals surface area contributed by atoms with Crippen molar-refractivity contribution in [1.82, 2.24) is 4.90 Å². The molecule has 2 aliphatic rings. The van der Waals surface area contributed by atoms with Crippen LogP contribution in [0.25, 0.3) is 0 Å². The van der Waals surface area contributed by atoms with Crippen LogP contribution in [0.4, 0.5) is 5.69 Å². The van der Waals surface area contributed by atoms with Gasteiger partial charge in [-0.25, -0.2) is 0 Å². The van der Waals surface area contributed by atoms with Crippen molar-refractivity contribution in [3.05, 3.63) is 29.3 Å². The third-order valence-electron chi connectivity index (χ3n) is 5.38. The highest BCUT2D eigenvalue weighted by Crippen LogP contribution is 2.46. The molecule has 1 aromatic rings. The van der Waals surface area contributed by atoms with Crippen molar-refractivity contribution in [2.45, 2.75) is 52.0 Å². The molecule has 6 nitrogen and oxygen atoms in total. The van der Waals surface area contributed by atoms with Crippen molar-refractivity contribution in [3.8, 4) is 0 Å². The Labute approximate surface area is 147 Å². The van der Waals surface area contributed by atoms with Gasteiger partial charge in [0.1, 0.15) is 5.41 Å². The molecule has 1 saturated carbocycles. The number of carboxylic acids is 1. The van der Waals surface area contributed by atoms with Crippen molar-refractivity contribution < 1.29 is 19.5 Å². The van der Waals surface area contributed by atoms with Crippen LogP contribution in [0.1, 0.15) is 54.9 Å². The lowest BCUT2D eigenvalue weighted by Gasteiger charge is -2.33. The number of anilines is 1. The van der Waals surface area contributed by atoms with E-state index in [1.807, 2.05) is 11.8 Å². The highest BCUT2D eigenvalue weighted by atomic mass is 16.4. The Balaban J connectivity index is 1.74. The number of carboxylic acid groups (broad SMARTS) is 1. The number of hydrogen-bond donors (Lipinski definition) is 2. The summed E-state index contributed by atoms with van der Waals surface area (Å²) in [6, 6.07) is 5.39. The van der Waals surface area contributed by atoms with Crippen molar-refractivity contribution in [2.75, 3.05) is 11.9 Å². The molecule has 1 saturated heterocycles. The zero-order valence-corrected chi connectivity index (χ0v) is 14.7. The molecule has 1 aliphatic heterocycles. The normalized spacial score (nSPS) is 21.5. The second-order valence-corrected chi connectivity index (χ2v) is 7.21. The highest BCUT2D eigenvalue weighted by molar-refractivity contribution is 6.11. The molecular formula is C19H24N2O4. The van der Waals surface area contributed by atoms with Gasteiger partial charge in [0, 0.05) is 23.8 Å². The molecular weight excluding hydrogens is 320 g/mol. The summed E-state index contributed by atoms with van der Waals surface area (Å²) in [6.07, 6.45) is 3.95. The van der Waals surface area contributed by atoms with Crippen LogP contribution in [0.3, 0.4) is 0 Å². The molecule has 2 N–H and O–H groups in total. The van der Waals surface area contributed by atoms with Crippen LogP contribution in [0.2, 0.25) is 0 Å². The lowest BCUT2D eigenvalue weighted by atomic mass is 10.0. The number of amides is 2. The van der Waals surface area contributed by atoms with Gasteiger partial charge in [0.2, 0.25) is 5.91 Å². The molecule has 1 aromatic carbocycles. The fourth-order valence-electron chi connectivity index (χ4n) is 3.41. The first-order valence-corrected chi connectivity index (χ1v) is 8.81. The maximum Gasteiger partial charge on any atom is 0.319 e. The van der Waals surface area contributed by atoms with Gasteiger partial charge < -0.3 is 15.3 Å². The fourth-order valence-corrected chi connectivity index (χ4v) is 3.41. The molecule has 0 spiro atoms. The molecule has 0 bridgehead atoms. The van der Waals surface area contributed by atoms with E-state index < -0.39 is 17.3 Å². The average Bonchev–Trinajstić information content (AvgIpc) is 3.38. The number of benzene rings is 1. The van der Waals surface area contributed by atoms with E-state index >= 15 is 0 Å². The minimum absolute atomic E-state index is 0.0115. The van der Waals surface area contributed by atoms with E-state index in [-0.39, 0.29) is 11.9 Å². The summed E-state index contributed by atoms with van der Waals surface area (Å²) in [7, 11) is 0. The summed E-state index contributed by atoms with van der Waals surface area (Å²) < 4.78 is 0. The molecule has 1 atom stereocenters. The van der Waals surface area contributed by atoms with Gasteiger partial charge in [-0.1, -0.05) is 0 Å². The number of rotatable bonds is 4. The molecule has 1 aliphatic carbocycles. The minimum atomic E-state index is -1.27. The molecule has 0 radical (unpaired) electrons. The molecule has 0 aromatic heterocycles. The van der Waals surface area contributed by atoms with Gasteiger partial charge in [-0.2, -0.15) is 0 Å². The first-order valence-electron chi connectivity index (χ1n) is 8.81. The molecule has 1 unspecified atom stereocenters. The van der Waals surface area contributed by atoms with Crippen molar-refractivity contribution in [3.63, 3.8) is 0 Å². The second kappa shape index (κ2) is 6.50. The smallest absolute Gasteiger partial charge is 0.319 e. The fraction of sp³-hybridized carbons (Fsp3) is 0.526. The molecule has 25 heavy (non-hydrogen) atoms. The van der Waals surface area contributed by atoms with E-state index in [0.717, 1.165) is 31.4 Å². The molecule has 3 rings (SSSR count). The van der Waals surface area contributed by atoms with Gasteiger partial charge in [-0.15, -0.1) is 0 Å². The summed E-state index contributed by atoms with van der Waals surface area (Å²) in [5.74, 6) is -1.54. The van der Waals surface area contributed by atoms with Crippen molar-refractivity contribution in [1.29, 1.82) is 0 Å². The quantitative estimate of drug-likeness (QED) is 0.822. The topological polar surface area (TPSA) is 86.7 Å². The van der Waals surface area contributed by atoms with E-state index in [2.05, 4.69) is 12.2 Å². The predicted molar refractivity (Wildman–Crippen MR) is 93.5 cm³/mol. The predicted octanol–water partition coefficient (Wildman–Crippen LogP) is 2.81. The zero-order valence-electron chi connectivity index (χ0n) is 14.7. The van der Waals surface area contributed by atoms with Gasteiger partial charge in [-0.3, -0.25) is 14.4 Å². The molecule has 1 heterocycles. The number of likely N-dealkylation sites (tertiary alicyclic amines) is 1. The molecule has 2 fully saturated rings. The lowest BCUT2D eigenvalue weighted by molar-refractivity contribution is -0.147. The van der Waals surface area contributed by atoms with Crippen molar-refractivity contribution in [2.24, 2.45) is 5.41 Å². The van der Waals surface area contributed by atoms with Crippen LogP contribution < -0.4 is 5.32 Å². The Morgan fingerprint density at radius 2 is 1.96 bits per heavy atom. The number of nitrogens with one attached hydrogen (secondary N) is 1. The maximum atomic E-state index is 12.7. The zero-order chi connectivity index (χ0) is 18.2. The van der Waals surface area contributed by atoms with Crippen LogP contribution in [0.15, 0.2) is 18.2 Å². The standard InChI is InChI=1S/C19H24N2O4/c1-12-11-14(16(22)21-10-4-3-5-13(21)2)6-7-15(12)20-17(23)19(8-9-19)18(24)25/h6-7,11,13H,3-5,8-10H2,1-2H3,(H,20,23)(H,24,25). The van der Waals surface area contributed by atoms with Crippen LogP contribution in [0, 0.1) is 12.3 Å². The summed E-state index contributed by atoms with van der Waals surface area (Å²) >= 11 is 0. The van der Waals surface area contributed by atoms with E-state index in [1.54, 1.807) is 18.2 Å². The van der Waals surface area contributed by atoms with E-state index in [1.165, 1.54) is 0 Å². The number of piperidine rings is 1. The monoisotopic (exact) mass is 344 g/mol. The minimum Gasteiger partial charge on any atom is -0.480 e. The number of carbonyl (C=O) groups is 3. The molecule has 134 valence electrons. The third kappa shape index (κ3) is 3.25. The van der Waals surface area contributed by atoms with E-state index in [0.29, 0.717) is 24.1 Å². The number of aliphatic carboxylic acids is 1. The van der Waals surface area contributed by atoms with Crippen LogP contribution in [-0.4, -0.2) is 40.4 Å². The Hall–Kier alpha value is -2.37. The van der Waals surface area contributed by atoms with Gasteiger partial charge in [0.15, 0.2) is 0 Å². The average molecular weight is 344 g/mol. The SMILES string of the molecule is Cc1cc(C(=O)N2CCCCC2C)ccc1NC(=O)C1(C(=O)O)CC1. The third-order valence-corrected chi connectivity index (χ3v) is 5.38. The maximum absolute atomic E-state index is 12.7. The number of carbonyl (C=O) groups excluding carboxylic acids is 2. The lowest BCUT2D eigenvalue weighted by Crippen LogP contribution is -2.42. The van der Waals surface area contributed by atoms with Gasteiger partial charge in [0.25, 0.3) is 5.91 Å². The van der Waals surface area contributed by atoms with Crippen molar-refractivity contribution >= 4 is 23.5 Å². The molecule has 6 heteroatoms. The Morgan fingerprint density at radius 1 is 1.24 bits per heavy atom. The van der Waals surface area contributed by atoms with Crippen LogP contribution in [-0.2, 0) is 9.59 Å². The second-order valence-electron chi connectivity index (χ2n) is 7.21. The van der Waals surface area contributed by atoms with Crippen LogP contribution >= 0.6 is 0 Å². The summed E-state index contributed by atoms with van der Waals surface area (Å²) in [4.78, 5) is 38.1. The van der Waals surface area contributed by atoms with Gasteiger partial charge in [0.05, 0.1) is 0 Å². The Morgan fingerprint density at radius 3 is 2.52 bits per heavy atom. The summed E-state index contributed by atoms with van der Waals surface area (Å²) in [5, 5.41) is 11.9. The number of hydrogen-bond acceptors (Lipinski definition) is 3. The van der Waals surface area contributed by atoms with E-state index in [9.17, 15) is 19.5 Å². The number of nitrogens with zero attached hydrogens (tertiary/aromatic N) is 1.